The van der Waals surface area contributed by atoms with E-state index in [2.05, 4.69) is 9.88 Å². The number of fused-ring (bicyclic) bond motifs is 1. The molecule has 0 saturated carbocycles. The van der Waals surface area contributed by atoms with Gasteiger partial charge >= 0.3 is 0 Å². The number of thioether (sulfide) groups is 1. The number of sulfone groups is 1. The Balaban J connectivity index is 1.39. The molecule has 1 aliphatic heterocycles. The fourth-order valence-electron chi connectivity index (χ4n) is 3.44. The number of piperazine rings is 1. The largest absolute Gasteiger partial charge is 0.345 e. The Morgan fingerprint density at radius 1 is 1.10 bits per heavy atom. The normalized spacial score (nSPS) is 15.0. The second-order valence-corrected chi connectivity index (χ2v) is 11.2. The van der Waals surface area contributed by atoms with Crippen LogP contribution in [-0.4, -0.2) is 62.9 Å². The van der Waals surface area contributed by atoms with Crippen molar-refractivity contribution in [2.45, 2.75) is 16.2 Å². The van der Waals surface area contributed by atoms with Gasteiger partial charge in [0.2, 0.25) is 5.91 Å². The van der Waals surface area contributed by atoms with Gasteiger partial charge in [-0.25, -0.2) is 13.4 Å². The van der Waals surface area contributed by atoms with Crippen LogP contribution in [0.2, 0.25) is 0 Å². The van der Waals surface area contributed by atoms with E-state index in [4.69, 9.17) is 0 Å². The molecule has 1 aliphatic rings. The quantitative estimate of drug-likeness (QED) is 0.543. The molecular weight excluding hydrogens is 438 g/mol. The molecule has 6 nitrogen and oxygen atoms in total. The van der Waals surface area contributed by atoms with Crippen LogP contribution in [0.15, 0.2) is 52.3 Å². The predicted molar refractivity (Wildman–Crippen MR) is 123 cm³/mol. The van der Waals surface area contributed by atoms with Crippen LogP contribution in [0.1, 0.15) is 5.56 Å². The zero-order valence-electron chi connectivity index (χ0n) is 16.9. The average Bonchev–Trinajstić information content (AvgIpc) is 3.17. The van der Waals surface area contributed by atoms with E-state index in [0.717, 1.165) is 34.0 Å². The van der Waals surface area contributed by atoms with Crippen LogP contribution in [0.5, 0.6) is 0 Å². The third kappa shape index (κ3) is 4.63. The van der Waals surface area contributed by atoms with E-state index in [1.807, 2.05) is 35.4 Å². The molecule has 2 aromatic carbocycles. The number of aromatic nitrogens is 1. The highest BCUT2D eigenvalue weighted by molar-refractivity contribution is 7.98. The summed E-state index contributed by atoms with van der Waals surface area (Å²) < 4.78 is 24.4. The minimum Gasteiger partial charge on any atom is -0.345 e. The minimum absolute atomic E-state index is 0.147. The summed E-state index contributed by atoms with van der Waals surface area (Å²) >= 11 is 3.18. The van der Waals surface area contributed by atoms with Crippen molar-refractivity contribution in [1.82, 2.24) is 9.88 Å². The lowest BCUT2D eigenvalue weighted by Gasteiger charge is -2.34. The highest BCUT2D eigenvalue weighted by Gasteiger charge is 2.23. The maximum atomic E-state index is 12.7. The summed E-state index contributed by atoms with van der Waals surface area (Å²) in [5.74, 6) is 0.147. The molecular formula is C21H23N3O3S3. The van der Waals surface area contributed by atoms with Gasteiger partial charge in [0.05, 0.1) is 21.5 Å². The third-order valence-electron chi connectivity index (χ3n) is 5.19. The second kappa shape index (κ2) is 8.56. The maximum absolute atomic E-state index is 12.7. The van der Waals surface area contributed by atoms with Gasteiger partial charge in [0, 0.05) is 37.3 Å². The number of anilines is 1. The predicted octanol–water partition coefficient (Wildman–Crippen LogP) is 3.31. The Morgan fingerprint density at radius 2 is 1.80 bits per heavy atom. The van der Waals surface area contributed by atoms with Crippen LogP contribution >= 0.6 is 23.1 Å². The molecule has 1 fully saturated rings. The van der Waals surface area contributed by atoms with Crippen LogP contribution < -0.4 is 4.90 Å². The van der Waals surface area contributed by atoms with Crippen molar-refractivity contribution in [2.75, 3.05) is 43.6 Å². The molecule has 3 aromatic rings. The number of thiazole rings is 1. The molecule has 9 heteroatoms. The van der Waals surface area contributed by atoms with Gasteiger partial charge in [0.25, 0.3) is 0 Å². The SMILES string of the molecule is CSc1ccc(CC(=O)N2CCN(c3nc4ccc(S(C)(=O)=O)cc4s3)CC2)cc1. The van der Waals surface area contributed by atoms with Crippen LogP contribution in [0.3, 0.4) is 0 Å². The van der Waals surface area contributed by atoms with Crippen molar-refractivity contribution in [1.29, 1.82) is 0 Å². The zero-order chi connectivity index (χ0) is 21.3. The van der Waals surface area contributed by atoms with Gasteiger partial charge in [0.1, 0.15) is 0 Å². The molecule has 2 heterocycles. The number of carbonyl (C=O) groups is 1. The number of rotatable bonds is 5. The zero-order valence-corrected chi connectivity index (χ0v) is 19.3. The Labute approximate surface area is 184 Å². The van der Waals surface area contributed by atoms with E-state index in [1.54, 1.807) is 30.0 Å². The van der Waals surface area contributed by atoms with Gasteiger partial charge < -0.3 is 9.80 Å². The number of hydrogen-bond donors (Lipinski definition) is 0. The lowest BCUT2D eigenvalue weighted by Crippen LogP contribution is -2.49. The summed E-state index contributed by atoms with van der Waals surface area (Å²) in [6.07, 6.45) is 3.67. The number of carbonyl (C=O) groups excluding carboxylic acids is 1. The first kappa shape index (κ1) is 21.1. The average molecular weight is 462 g/mol. The molecule has 0 radical (unpaired) electrons. The van der Waals surface area contributed by atoms with E-state index < -0.39 is 9.84 Å². The first-order chi connectivity index (χ1) is 14.3. The van der Waals surface area contributed by atoms with Crippen molar-refractivity contribution in [3.8, 4) is 0 Å². The first-order valence-electron chi connectivity index (χ1n) is 9.60. The summed E-state index contributed by atoms with van der Waals surface area (Å²) in [4.78, 5) is 22.9. The molecule has 0 atom stereocenters. The topological polar surface area (TPSA) is 70.6 Å². The van der Waals surface area contributed by atoms with Crippen LogP contribution in [0.4, 0.5) is 5.13 Å². The van der Waals surface area contributed by atoms with E-state index in [1.165, 1.54) is 22.5 Å². The molecule has 30 heavy (non-hydrogen) atoms. The smallest absolute Gasteiger partial charge is 0.227 e. The Kier molecular flexibility index (Phi) is 6.04. The first-order valence-corrected chi connectivity index (χ1v) is 13.5. The van der Waals surface area contributed by atoms with Gasteiger partial charge in [-0.15, -0.1) is 11.8 Å². The number of amides is 1. The summed E-state index contributed by atoms with van der Waals surface area (Å²) in [6.45, 7) is 2.75. The van der Waals surface area contributed by atoms with Crippen molar-refractivity contribution < 1.29 is 13.2 Å². The van der Waals surface area contributed by atoms with E-state index in [9.17, 15) is 13.2 Å². The number of hydrogen-bond acceptors (Lipinski definition) is 7. The van der Waals surface area contributed by atoms with Crippen molar-refractivity contribution >= 4 is 54.2 Å². The number of benzene rings is 2. The molecule has 0 aliphatic carbocycles. The Bertz CT molecular complexity index is 1170. The molecule has 0 unspecified atom stereocenters. The molecule has 4 rings (SSSR count). The van der Waals surface area contributed by atoms with Gasteiger partial charge in [-0.2, -0.15) is 0 Å². The van der Waals surface area contributed by atoms with Crippen LogP contribution in [-0.2, 0) is 21.1 Å². The Hall–Kier alpha value is -2.10. The molecule has 1 amide bonds. The lowest BCUT2D eigenvalue weighted by molar-refractivity contribution is -0.130. The lowest BCUT2D eigenvalue weighted by atomic mass is 10.1. The summed E-state index contributed by atoms with van der Waals surface area (Å²) in [7, 11) is -3.24. The third-order valence-corrected chi connectivity index (χ3v) is 8.13. The molecule has 0 bridgehead atoms. The van der Waals surface area contributed by atoms with Crippen molar-refractivity contribution in [3.63, 3.8) is 0 Å². The highest BCUT2D eigenvalue weighted by atomic mass is 32.2. The maximum Gasteiger partial charge on any atom is 0.227 e. The standard InChI is InChI=1S/C21H23N3O3S3/c1-28-16-5-3-15(4-6-16)13-20(25)23-9-11-24(12-10-23)21-22-18-8-7-17(30(2,26)27)14-19(18)29-21/h3-8,14H,9-13H2,1-2H3. The van der Waals surface area contributed by atoms with Crippen LogP contribution in [0.25, 0.3) is 10.2 Å². The molecule has 1 aromatic heterocycles. The highest BCUT2D eigenvalue weighted by Crippen LogP contribution is 2.31. The van der Waals surface area contributed by atoms with Gasteiger partial charge in [-0.3, -0.25) is 4.79 Å². The minimum atomic E-state index is -3.24. The second-order valence-electron chi connectivity index (χ2n) is 7.29. The number of nitrogens with zero attached hydrogens (tertiary/aromatic N) is 3. The van der Waals surface area contributed by atoms with Crippen LogP contribution in [0, 0.1) is 0 Å². The van der Waals surface area contributed by atoms with Crippen molar-refractivity contribution in [3.05, 3.63) is 48.0 Å². The van der Waals surface area contributed by atoms with Gasteiger partial charge in [-0.1, -0.05) is 23.5 Å². The molecule has 0 N–H and O–H groups in total. The van der Waals surface area contributed by atoms with Gasteiger partial charge in [-0.05, 0) is 42.2 Å². The van der Waals surface area contributed by atoms with E-state index >= 15 is 0 Å². The van der Waals surface area contributed by atoms with Crippen molar-refractivity contribution in [2.24, 2.45) is 0 Å². The molecule has 1 saturated heterocycles. The summed E-state index contributed by atoms with van der Waals surface area (Å²) in [5.41, 5.74) is 1.84. The molecule has 0 spiro atoms. The summed E-state index contributed by atoms with van der Waals surface area (Å²) in [6, 6.07) is 13.2. The summed E-state index contributed by atoms with van der Waals surface area (Å²) in [5, 5.41) is 0.871. The van der Waals surface area contributed by atoms with E-state index in [0.29, 0.717) is 24.4 Å². The fourth-order valence-corrected chi connectivity index (χ4v) is 5.62. The monoisotopic (exact) mass is 461 g/mol. The van der Waals surface area contributed by atoms with E-state index in [-0.39, 0.29) is 5.91 Å². The van der Waals surface area contributed by atoms with Gasteiger partial charge in [0.15, 0.2) is 15.0 Å². The Morgan fingerprint density at radius 3 is 2.43 bits per heavy atom. The fraction of sp³-hybridized carbons (Fsp3) is 0.333. The molecule has 158 valence electrons.